The van der Waals surface area contributed by atoms with Crippen molar-refractivity contribution in [3.63, 3.8) is 0 Å². The summed E-state index contributed by atoms with van der Waals surface area (Å²) < 4.78 is 5.40. The van der Waals surface area contributed by atoms with Gasteiger partial charge in [-0.05, 0) is 31.2 Å². The lowest BCUT2D eigenvalue weighted by Crippen LogP contribution is -2.47. The first-order chi connectivity index (χ1) is 14.2. The highest BCUT2D eigenvalue weighted by Gasteiger charge is 2.21. The minimum Gasteiger partial charge on any atom is -0.480 e. The van der Waals surface area contributed by atoms with Crippen molar-refractivity contribution < 1.29 is 4.74 Å². The number of fused-ring (bicyclic) bond motifs is 2. The van der Waals surface area contributed by atoms with Gasteiger partial charge < -0.3 is 14.5 Å². The predicted molar refractivity (Wildman–Crippen MR) is 113 cm³/mol. The second kappa shape index (κ2) is 7.12. The number of hydrogen-bond acceptors (Lipinski definition) is 8. The molecule has 146 valence electrons. The number of ether oxygens (including phenoxy) is 1. The van der Waals surface area contributed by atoms with E-state index in [1.807, 2.05) is 19.1 Å². The maximum absolute atomic E-state index is 5.40. The summed E-state index contributed by atoms with van der Waals surface area (Å²) >= 11 is 0. The Morgan fingerprint density at radius 2 is 1.72 bits per heavy atom. The van der Waals surface area contributed by atoms with E-state index in [0.717, 1.165) is 65.3 Å². The Labute approximate surface area is 168 Å². The van der Waals surface area contributed by atoms with Gasteiger partial charge in [0.05, 0.1) is 29.7 Å². The van der Waals surface area contributed by atoms with Gasteiger partial charge in [-0.3, -0.25) is 4.98 Å². The lowest BCUT2D eigenvalue weighted by Gasteiger charge is -2.37. The molecule has 0 N–H and O–H groups in total. The number of anilines is 2. The Hall–Kier alpha value is -3.55. The van der Waals surface area contributed by atoms with Crippen molar-refractivity contribution in [2.45, 2.75) is 6.92 Å². The fraction of sp³-hybridized carbons (Fsp3) is 0.286. The van der Waals surface area contributed by atoms with Crippen LogP contribution < -0.4 is 14.5 Å². The highest BCUT2D eigenvalue weighted by atomic mass is 16.5. The largest absolute Gasteiger partial charge is 0.480 e. The fourth-order valence-electron chi connectivity index (χ4n) is 3.87. The van der Waals surface area contributed by atoms with E-state index in [1.54, 1.807) is 19.5 Å². The van der Waals surface area contributed by atoms with Gasteiger partial charge in [-0.1, -0.05) is 0 Å². The minimum atomic E-state index is 0.604. The summed E-state index contributed by atoms with van der Waals surface area (Å²) in [6, 6.07) is 8.24. The molecule has 0 saturated carbocycles. The Balaban J connectivity index is 1.41. The van der Waals surface area contributed by atoms with Crippen molar-refractivity contribution in [2.24, 2.45) is 0 Å². The van der Waals surface area contributed by atoms with E-state index >= 15 is 0 Å². The van der Waals surface area contributed by atoms with Crippen LogP contribution in [-0.2, 0) is 0 Å². The van der Waals surface area contributed by atoms with Crippen LogP contribution in [0.3, 0.4) is 0 Å². The first kappa shape index (κ1) is 17.5. The van der Waals surface area contributed by atoms with E-state index in [0.29, 0.717) is 5.88 Å². The van der Waals surface area contributed by atoms with Crippen molar-refractivity contribution in [1.82, 2.24) is 24.9 Å². The summed E-state index contributed by atoms with van der Waals surface area (Å²) in [4.78, 5) is 26.7. The van der Waals surface area contributed by atoms with Crippen LogP contribution in [0.1, 0.15) is 5.82 Å². The summed E-state index contributed by atoms with van der Waals surface area (Å²) in [5, 5.41) is 1.98. The van der Waals surface area contributed by atoms with Crippen LogP contribution in [0.25, 0.3) is 21.8 Å². The van der Waals surface area contributed by atoms with E-state index < -0.39 is 0 Å². The number of aryl methyl sites for hydroxylation is 1. The van der Waals surface area contributed by atoms with Crippen LogP contribution in [-0.4, -0.2) is 58.2 Å². The van der Waals surface area contributed by atoms with Gasteiger partial charge >= 0.3 is 0 Å². The van der Waals surface area contributed by atoms with Crippen LogP contribution in [0.4, 0.5) is 11.5 Å². The van der Waals surface area contributed by atoms with Gasteiger partial charge in [-0.2, -0.15) is 0 Å². The van der Waals surface area contributed by atoms with Gasteiger partial charge in [-0.25, -0.2) is 19.9 Å². The van der Waals surface area contributed by atoms with Crippen LogP contribution in [0.15, 0.2) is 43.0 Å². The Kier molecular flexibility index (Phi) is 4.31. The van der Waals surface area contributed by atoms with E-state index in [4.69, 9.17) is 9.72 Å². The molecule has 0 aliphatic carbocycles. The molecule has 0 radical (unpaired) electrons. The van der Waals surface area contributed by atoms with Gasteiger partial charge in [0.25, 0.3) is 0 Å². The molecular formula is C21H21N7O. The molecule has 0 unspecified atom stereocenters. The number of piperazine rings is 1. The Bertz CT molecular complexity index is 1190. The molecular weight excluding hydrogens is 366 g/mol. The van der Waals surface area contributed by atoms with Gasteiger partial charge in [0.2, 0.25) is 5.88 Å². The Morgan fingerprint density at radius 1 is 0.897 bits per heavy atom. The van der Waals surface area contributed by atoms with Crippen LogP contribution in [0.2, 0.25) is 0 Å². The first-order valence-electron chi connectivity index (χ1n) is 9.60. The molecule has 0 amide bonds. The lowest BCUT2D eigenvalue weighted by molar-refractivity contribution is 0.402. The summed E-state index contributed by atoms with van der Waals surface area (Å²) in [5.41, 5.74) is 2.92. The van der Waals surface area contributed by atoms with Crippen molar-refractivity contribution in [3.05, 3.63) is 48.8 Å². The maximum Gasteiger partial charge on any atom is 0.224 e. The average Bonchev–Trinajstić information content (AvgIpc) is 2.78. The predicted octanol–water partition coefficient (Wildman–Crippen LogP) is 2.61. The van der Waals surface area contributed by atoms with Crippen LogP contribution >= 0.6 is 0 Å². The third-order valence-corrected chi connectivity index (χ3v) is 5.31. The van der Waals surface area contributed by atoms with Crippen molar-refractivity contribution >= 4 is 33.3 Å². The van der Waals surface area contributed by atoms with Gasteiger partial charge in [0.1, 0.15) is 18.0 Å². The molecule has 0 spiro atoms. The fourth-order valence-corrected chi connectivity index (χ4v) is 3.87. The number of nitrogens with zero attached hydrogens (tertiary/aromatic N) is 7. The number of aromatic nitrogens is 5. The molecule has 8 heteroatoms. The quantitative estimate of drug-likeness (QED) is 0.531. The first-order valence-corrected chi connectivity index (χ1v) is 9.60. The average molecular weight is 387 g/mol. The smallest absolute Gasteiger partial charge is 0.224 e. The molecule has 1 aliphatic heterocycles. The molecule has 4 heterocycles. The molecule has 8 nitrogen and oxygen atoms in total. The zero-order valence-electron chi connectivity index (χ0n) is 16.4. The zero-order valence-corrected chi connectivity index (χ0v) is 16.4. The number of methoxy groups -OCH3 is 1. The van der Waals surface area contributed by atoms with Gasteiger partial charge in [-0.15, -0.1) is 0 Å². The Morgan fingerprint density at radius 3 is 2.55 bits per heavy atom. The lowest BCUT2D eigenvalue weighted by atomic mass is 10.1. The summed E-state index contributed by atoms with van der Waals surface area (Å²) in [7, 11) is 1.64. The molecule has 1 fully saturated rings. The van der Waals surface area contributed by atoms with E-state index in [2.05, 4.69) is 41.9 Å². The molecule has 1 saturated heterocycles. The second-order valence-electron chi connectivity index (χ2n) is 7.05. The van der Waals surface area contributed by atoms with E-state index in [9.17, 15) is 0 Å². The number of hydrogen-bond donors (Lipinski definition) is 0. The van der Waals surface area contributed by atoms with Crippen molar-refractivity contribution in [2.75, 3.05) is 43.1 Å². The number of rotatable bonds is 3. The molecule has 5 rings (SSSR count). The topological polar surface area (TPSA) is 80.2 Å². The molecule has 29 heavy (non-hydrogen) atoms. The molecule has 3 aromatic heterocycles. The van der Waals surface area contributed by atoms with Gasteiger partial charge in [0, 0.05) is 43.4 Å². The molecule has 4 aromatic rings. The second-order valence-corrected chi connectivity index (χ2v) is 7.05. The van der Waals surface area contributed by atoms with E-state index in [-0.39, 0.29) is 0 Å². The minimum absolute atomic E-state index is 0.604. The normalized spacial score (nSPS) is 14.6. The van der Waals surface area contributed by atoms with Gasteiger partial charge in [0.15, 0.2) is 0 Å². The monoisotopic (exact) mass is 387 g/mol. The maximum atomic E-state index is 5.40. The third-order valence-electron chi connectivity index (χ3n) is 5.31. The van der Waals surface area contributed by atoms with E-state index in [1.165, 1.54) is 6.33 Å². The summed E-state index contributed by atoms with van der Waals surface area (Å²) in [6.07, 6.45) is 5.13. The molecule has 1 aliphatic rings. The highest BCUT2D eigenvalue weighted by Crippen LogP contribution is 2.29. The van der Waals surface area contributed by atoms with Crippen molar-refractivity contribution in [3.8, 4) is 5.88 Å². The summed E-state index contributed by atoms with van der Waals surface area (Å²) in [5.74, 6) is 2.36. The van der Waals surface area contributed by atoms with Crippen LogP contribution in [0.5, 0.6) is 5.88 Å². The molecule has 0 bridgehead atoms. The third kappa shape index (κ3) is 3.16. The SMILES string of the molecule is COc1ncnc2ccc(N3CCN(c4nc(C)nc5cnccc45)CC3)cc12. The van der Waals surface area contributed by atoms with Crippen LogP contribution in [0, 0.1) is 6.92 Å². The summed E-state index contributed by atoms with van der Waals surface area (Å²) in [6.45, 7) is 5.49. The molecule has 1 aromatic carbocycles. The standard InChI is InChI=1S/C21H21N7O/c1-14-25-19-12-22-6-5-16(19)20(26-14)28-9-7-27(8-10-28)15-3-4-18-17(11-15)21(29-2)24-13-23-18/h3-6,11-13H,7-10H2,1-2H3. The van der Waals surface area contributed by atoms with Crippen molar-refractivity contribution in [1.29, 1.82) is 0 Å². The highest BCUT2D eigenvalue weighted by molar-refractivity contribution is 5.89. The molecule has 0 atom stereocenters. The zero-order chi connectivity index (χ0) is 19.8. The number of benzene rings is 1. The number of pyridine rings is 1.